The van der Waals surface area contributed by atoms with Crippen LogP contribution in [0.5, 0.6) is 11.5 Å². The fourth-order valence-electron chi connectivity index (χ4n) is 3.53. The molecule has 0 unspecified atom stereocenters. The van der Waals surface area contributed by atoms with E-state index in [9.17, 15) is 4.79 Å². The second-order valence-corrected chi connectivity index (χ2v) is 8.58. The minimum atomic E-state index is -0.0433. The van der Waals surface area contributed by atoms with Gasteiger partial charge in [0.25, 0.3) is 5.56 Å². The minimum absolute atomic E-state index is 0.0433. The Bertz CT molecular complexity index is 1490. The number of para-hydroxylation sites is 2. The first-order valence-electron chi connectivity index (χ1n) is 10.5. The van der Waals surface area contributed by atoms with Gasteiger partial charge >= 0.3 is 0 Å². The third kappa shape index (κ3) is 4.22. The summed E-state index contributed by atoms with van der Waals surface area (Å²) in [5.41, 5.74) is 3.77. The molecule has 0 aliphatic carbocycles. The number of imidazole rings is 1. The van der Waals surface area contributed by atoms with Crippen LogP contribution in [0.3, 0.4) is 0 Å². The second kappa shape index (κ2) is 8.85. The van der Waals surface area contributed by atoms with Crippen LogP contribution < -0.4 is 19.6 Å². The third-order valence-electron chi connectivity index (χ3n) is 5.15. The molecule has 0 saturated carbocycles. The van der Waals surface area contributed by atoms with Crippen LogP contribution in [0.15, 0.2) is 77.6 Å². The average Bonchev–Trinajstić information content (AvgIpc) is 3.31. The maximum Gasteiger partial charge on any atom is 0.274 e. The lowest BCUT2D eigenvalue weighted by molar-refractivity contribution is 0.247. The lowest BCUT2D eigenvalue weighted by Crippen LogP contribution is -2.22. The molecular formula is C26H22N2O3S. The zero-order valence-electron chi connectivity index (χ0n) is 17.7. The van der Waals surface area contributed by atoms with Crippen LogP contribution in [-0.2, 0) is 0 Å². The molecule has 5 rings (SSSR count). The summed E-state index contributed by atoms with van der Waals surface area (Å²) in [6.45, 7) is 3.21. The fraction of sp³-hybridized carbons (Fsp3) is 0.154. The average molecular weight is 443 g/mol. The van der Waals surface area contributed by atoms with E-state index in [1.54, 1.807) is 4.40 Å². The molecular weight excluding hydrogens is 420 g/mol. The molecule has 2 heterocycles. The Morgan fingerprint density at radius 3 is 2.56 bits per heavy atom. The van der Waals surface area contributed by atoms with Crippen molar-refractivity contribution in [2.75, 3.05) is 13.2 Å². The Hall–Kier alpha value is -3.64. The number of aryl methyl sites for hydroxylation is 1. The molecule has 6 heteroatoms. The van der Waals surface area contributed by atoms with Crippen molar-refractivity contribution in [3.63, 3.8) is 0 Å². The highest BCUT2D eigenvalue weighted by molar-refractivity contribution is 7.15. The third-order valence-corrected chi connectivity index (χ3v) is 6.12. The van der Waals surface area contributed by atoms with Crippen molar-refractivity contribution in [2.24, 2.45) is 0 Å². The maximum absolute atomic E-state index is 12.9. The van der Waals surface area contributed by atoms with Gasteiger partial charge in [-0.05, 0) is 55.0 Å². The van der Waals surface area contributed by atoms with Crippen molar-refractivity contribution in [3.8, 4) is 11.5 Å². The number of nitrogens with zero attached hydrogens (tertiary/aromatic N) is 2. The molecule has 5 nitrogen and oxygen atoms in total. The van der Waals surface area contributed by atoms with Gasteiger partial charge in [0.15, 0.2) is 4.96 Å². The summed E-state index contributed by atoms with van der Waals surface area (Å²) in [6.07, 6.45) is 2.67. The van der Waals surface area contributed by atoms with Gasteiger partial charge in [0, 0.05) is 6.42 Å². The van der Waals surface area contributed by atoms with Crippen LogP contribution >= 0.6 is 11.3 Å². The summed E-state index contributed by atoms with van der Waals surface area (Å²) in [5.74, 6) is 1.64. The van der Waals surface area contributed by atoms with Gasteiger partial charge in [-0.1, -0.05) is 53.3 Å². The quantitative estimate of drug-likeness (QED) is 0.345. The summed E-state index contributed by atoms with van der Waals surface area (Å²) >= 11 is 1.40. The Morgan fingerprint density at radius 2 is 1.72 bits per heavy atom. The van der Waals surface area contributed by atoms with Gasteiger partial charge < -0.3 is 9.47 Å². The van der Waals surface area contributed by atoms with E-state index in [0.29, 0.717) is 22.7 Å². The summed E-state index contributed by atoms with van der Waals surface area (Å²) in [5, 5.41) is 0. The number of thiazole rings is 1. The predicted octanol–water partition coefficient (Wildman–Crippen LogP) is 4.61. The molecule has 3 aromatic carbocycles. The van der Waals surface area contributed by atoms with Crippen LogP contribution in [-0.4, -0.2) is 22.6 Å². The molecule has 2 aromatic heterocycles. The normalized spacial score (nSPS) is 12.0. The highest BCUT2D eigenvalue weighted by Gasteiger charge is 2.10. The van der Waals surface area contributed by atoms with Crippen LogP contribution in [0.1, 0.15) is 17.5 Å². The van der Waals surface area contributed by atoms with Crippen molar-refractivity contribution in [1.82, 2.24) is 9.38 Å². The first-order valence-corrected chi connectivity index (χ1v) is 11.3. The van der Waals surface area contributed by atoms with Crippen molar-refractivity contribution in [2.45, 2.75) is 13.3 Å². The molecule has 0 N–H and O–H groups in total. The van der Waals surface area contributed by atoms with Gasteiger partial charge in [0.1, 0.15) is 11.5 Å². The monoisotopic (exact) mass is 442 g/mol. The fourth-order valence-corrected chi connectivity index (χ4v) is 4.52. The Morgan fingerprint density at radius 1 is 0.938 bits per heavy atom. The summed E-state index contributed by atoms with van der Waals surface area (Å²) < 4.78 is 14.0. The molecule has 0 saturated heterocycles. The highest BCUT2D eigenvalue weighted by atomic mass is 32.1. The smallest absolute Gasteiger partial charge is 0.274 e. The van der Waals surface area contributed by atoms with E-state index in [0.717, 1.165) is 34.5 Å². The van der Waals surface area contributed by atoms with Crippen molar-refractivity contribution < 1.29 is 9.47 Å². The zero-order valence-corrected chi connectivity index (χ0v) is 18.5. The van der Waals surface area contributed by atoms with Crippen LogP contribution in [0.25, 0.3) is 22.1 Å². The Balaban J connectivity index is 1.26. The highest BCUT2D eigenvalue weighted by Crippen LogP contribution is 2.17. The maximum atomic E-state index is 12.9. The minimum Gasteiger partial charge on any atom is -0.493 e. The zero-order chi connectivity index (χ0) is 21.9. The molecule has 0 aliphatic rings. The lowest BCUT2D eigenvalue weighted by atomic mass is 10.2. The topological polar surface area (TPSA) is 52.8 Å². The number of hydrogen-bond acceptors (Lipinski definition) is 5. The van der Waals surface area contributed by atoms with Crippen molar-refractivity contribution in [3.05, 3.63) is 98.8 Å². The largest absolute Gasteiger partial charge is 0.493 e. The van der Waals surface area contributed by atoms with Gasteiger partial charge in [-0.15, -0.1) is 0 Å². The van der Waals surface area contributed by atoms with Gasteiger partial charge in [-0.2, -0.15) is 0 Å². The molecule has 0 amide bonds. The van der Waals surface area contributed by atoms with Gasteiger partial charge in [0.05, 0.1) is 28.8 Å². The number of hydrogen-bond donors (Lipinski definition) is 0. The van der Waals surface area contributed by atoms with E-state index in [1.165, 1.54) is 16.9 Å². The van der Waals surface area contributed by atoms with Crippen LogP contribution in [0.4, 0.5) is 0 Å². The lowest BCUT2D eigenvalue weighted by Gasteiger charge is -2.08. The molecule has 0 bridgehead atoms. The standard InChI is InChI=1S/C26H22N2O3S/c1-18-10-12-20(13-11-18)30-14-5-15-31-21-7-4-6-19(16-21)17-24-25(29)28-23-9-3-2-8-22(23)27-26(28)32-24/h2-4,6-13,16-17H,5,14-15H2,1H3/b24-17-. The van der Waals surface area contributed by atoms with Crippen molar-refractivity contribution in [1.29, 1.82) is 0 Å². The summed E-state index contributed by atoms with van der Waals surface area (Å²) in [4.78, 5) is 18.2. The molecule has 0 atom stereocenters. The van der Waals surface area contributed by atoms with E-state index < -0.39 is 0 Å². The first-order chi connectivity index (χ1) is 15.7. The number of aromatic nitrogens is 2. The molecule has 5 aromatic rings. The van der Waals surface area contributed by atoms with Gasteiger partial charge in [0.2, 0.25) is 0 Å². The number of rotatable bonds is 7. The van der Waals surface area contributed by atoms with Gasteiger partial charge in [-0.3, -0.25) is 4.79 Å². The number of ether oxygens (including phenoxy) is 2. The molecule has 0 aliphatic heterocycles. The van der Waals surface area contributed by atoms with Crippen LogP contribution in [0.2, 0.25) is 0 Å². The van der Waals surface area contributed by atoms with Crippen molar-refractivity contribution >= 4 is 33.4 Å². The van der Waals surface area contributed by atoms with Crippen LogP contribution in [0, 0.1) is 6.92 Å². The molecule has 160 valence electrons. The molecule has 0 radical (unpaired) electrons. The van der Waals surface area contributed by atoms with E-state index in [2.05, 4.69) is 11.9 Å². The summed E-state index contributed by atoms with van der Waals surface area (Å²) in [6, 6.07) is 23.5. The Kier molecular flexibility index (Phi) is 5.60. The Labute approximate surface area is 189 Å². The van der Waals surface area contributed by atoms with E-state index in [4.69, 9.17) is 9.47 Å². The molecule has 0 fully saturated rings. The molecule has 32 heavy (non-hydrogen) atoms. The van der Waals surface area contributed by atoms with E-state index >= 15 is 0 Å². The predicted molar refractivity (Wildman–Crippen MR) is 129 cm³/mol. The number of fused-ring (bicyclic) bond motifs is 3. The van der Waals surface area contributed by atoms with E-state index in [-0.39, 0.29) is 5.56 Å². The second-order valence-electron chi connectivity index (χ2n) is 7.57. The summed E-state index contributed by atoms with van der Waals surface area (Å²) in [7, 11) is 0. The molecule has 0 spiro atoms. The number of benzene rings is 3. The van der Waals surface area contributed by atoms with E-state index in [1.807, 2.05) is 78.9 Å². The SMILES string of the molecule is Cc1ccc(OCCCOc2cccc(/C=c3\sc4nc5ccccc5n4c3=O)c2)cc1. The van der Waals surface area contributed by atoms with Gasteiger partial charge in [-0.25, -0.2) is 9.38 Å². The first kappa shape index (κ1) is 20.3.